The van der Waals surface area contributed by atoms with Gasteiger partial charge in [0.1, 0.15) is 6.33 Å². The Morgan fingerprint density at radius 1 is 1.44 bits per heavy atom. The van der Waals surface area contributed by atoms with Gasteiger partial charge in [0.15, 0.2) is 0 Å². The lowest BCUT2D eigenvalue weighted by Gasteiger charge is -2.36. The van der Waals surface area contributed by atoms with Crippen LogP contribution < -0.4 is 5.32 Å². The summed E-state index contributed by atoms with van der Waals surface area (Å²) in [6, 6.07) is 0. The number of aryl methyl sites for hydroxylation is 1. The van der Waals surface area contributed by atoms with E-state index in [1.165, 1.54) is 0 Å². The van der Waals surface area contributed by atoms with Crippen molar-refractivity contribution in [3.8, 4) is 0 Å². The highest BCUT2D eigenvalue weighted by molar-refractivity contribution is 4.85. The first-order chi connectivity index (χ1) is 7.85. The Balaban J connectivity index is 1.78. The fourth-order valence-electron chi connectivity index (χ4n) is 2.28. The minimum Gasteiger partial charge on any atom is -0.378 e. The third-order valence-electron chi connectivity index (χ3n) is 3.36. The molecule has 16 heavy (non-hydrogen) atoms. The summed E-state index contributed by atoms with van der Waals surface area (Å²) in [5.74, 6) is 0. The van der Waals surface area contributed by atoms with E-state index in [2.05, 4.69) is 20.8 Å². The largest absolute Gasteiger partial charge is 0.378 e. The first-order valence-electron chi connectivity index (χ1n) is 5.81. The fourth-order valence-corrected chi connectivity index (χ4v) is 2.28. The molecule has 1 aromatic rings. The number of nitrogens with zero attached hydrogens (tertiary/aromatic N) is 4. The molecule has 0 atom stereocenters. The maximum Gasteiger partial charge on any atom is 0.138 e. The summed E-state index contributed by atoms with van der Waals surface area (Å²) >= 11 is 0. The predicted molar refractivity (Wildman–Crippen MR) is 58.9 cm³/mol. The molecule has 0 bridgehead atoms. The van der Waals surface area contributed by atoms with E-state index in [0.29, 0.717) is 0 Å². The minimum absolute atomic E-state index is 0.0687. The topological polar surface area (TPSA) is 64.9 Å². The lowest BCUT2D eigenvalue weighted by molar-refractivity contribution is -0.0424. The SMILES string of the molecule is COC1(CCCn2cnnn2)CCNCC1. The number of methoxy groups -OCH3 is 1. The normalized spacial score (nSPS) is 19.8. The number of aromatic nitrogens is 4. The van der Waals surface area contributed by atoms with Crippen LogP contribution in [0.4, 0.5) is 0 Å². The summed E-state index contributed by atoms with van der Waals surface area (Å²) < 4.78 is 7.47. The summed E-state index contributed by atoms with van der Waals surface area (Å²) in [5.41, 5.74) is 0.0687. The first kappa shape index (κ1) is 11.5. The van der Waals surface area contributed by atoms with Crippen molar-refractivity contribution in [3.05, 3.63) is 6.33 Å². The number of ether oxygens (including phenoxy) is 1. The molecule has 0 amide bonds. The average Bonchev–Trinajstić information content (AvgIpc) is 2.83. The lowest BCUT2D eigenvalue weighted by atomic mass is 9.87. The summed E-state index contributed by atoms with van der Waals surface area (Å²) in [4.78, 5) is 0. The van der Waals surface area contributed by atoms with Crippen LogP contribution in [0, 0.1) is 0 Å². The molecule has 6 nitrogen and oxygen atoms in total. The zero-order chi connectivity index (χ0) is 11.3. The molecule has 0 unspecified atom stereocenters. The van der Waals surface area contributed by atoms with Gasteiger partial charge in [-0.2, -0.15) is 0 Å². The molecule has 90 valence electrons. The molecule has 0 aliphatic carbocycles. The first-order valence-corrected chi connectivity index (χ1v) is 5.81. The van der Waals surface area contributed by atoms with E-state index >= 15 is 0 Å². The van der Waals surface area contributed by atoms with Crippen LogP contribution in [0.15, 0.2) is 6.33 Å². The van der Waals surface area contributed by atoms with E-state index in [-0.39, 0.29) is 5.60 Å². The van der Waals surface area contributed by atoms with Gasteiger partial charge in [0.25, 0.3) is 0 Å². The van der Waals surface area contributed by atoms with E-state index in [4.69, 9.17) is 4.74 Å². The summed E-state index contributed by atoms with van der Waals surface area (Å²) in [7, 11) is 1.82. The van der Waals surface area contributed by atoms with Gasteiger partial charge in [-0.1, -0.05) is 0 Å². The third kappa shape index (κ3) is 2.76. The van der Waals surface area contributed by atoms with Crippen molar-refractivity contribution in [2.75, 3.05) is 20.2 Å². The number of tetrazole rings is 1. The van der Waals surface area contributed by atoms with E-state index < -0.39 is 0 Å². The molecule has 1 aliphatic heterocycles. The Bertz CT molecular complexity index is 294. The van der Waals surface area contributed by atoms with Crippen LogP contribution in [-0.4, -0.2) is 46.0 Å². The summed E-state index contributed by atoms with van der Waals surface area (Å²) in [6.07, 6.45) is 5.98. The maximum atomic E-state index is 5.70. The maximum absolute atomic E-state index is 5.70. The highest BCUT2D eigenvalue weighted by Gasteiger charge is 2.30. The van der Waals surface area contributed by atoms with Gasteiger partial charge >= 0.3 is 0 Å². The molecule has 2 heterocycles. The second-order valence-electron chi connectivity index (χ2n) is 4.31. The van der Waals surface area contributed by atoms with Gasteiger partial charge in [-0.15, -0.1) is 5.10 Å². The Kier molecular flexibility index (Phi) is 3.84. The van der Waals surface area contributed by atoms with Gasteiger partial charge in [0, 0.05) is 13.7 Å². The van der Waals surface area contributed by atoms with Gasteiger partial charge in [-0.05, 0) is 49.2 Å². The Hall–Kier alpha value is -1.01. The Morgan fingerprint density at radius 3 is 2.88 bits per heavy atom. The molecule has 6 heteroatoms. The van der Waals surface area contributed by atoms with Crippen molar-refractivity contribution in [3.63, 3.8) is 0 Å². The quantitative estimate of drug-likeness (QED) is 0.776. The summed E-state index contributed by atoms with van der Waals surface area (Å²) in [5, 5.41) is 14.4. The number of piperidine rings is 1. The molecular formula is C10H19N5O. The zero-order valence-corrected chi connectivity index (χ0v) is 9.72. The van der Waals surface area contributed by atoms with Crippen LogP contribution >= 0.6 is 0 Å². The Labute approximate surface area is 95.4 Å². The van der Waals surface area contributed by atoms with Crippen LogP contribution in [0.3, 0.4) is 0 Å². The van der Waals surface area contributed by atoms with Gasteiger partial charge in [-0.25, -0.2) is 4.68 Å². The molecule has 1 saturated heterocycles. The molecule has 1 aromatic heterocycles. The van der Waals surface area contributed by atoms with Crippen LogP contribution in [0.5, 0.6) is 0 Å². The summed E-state index contributed by atoms with van der Waals surface area (Å²) in [6.45, 7) is 2.98. The zero-order valence-electron chi connectivity index (χ0n) is 9.72. The van der Waals surface area contributed by atoms with E-state index in [1.807, 2.05) is 7.11 Å². The monoisotopic (exact) mass is 225 g/mol. The van der Waals surface area contributed by atoms with E-state index in [9.17, 15) is 0 Å². The highest BCUT2D eigenvalue weighted by Crippen LogP contribution is 2.27. The van der Waals surface area contributed by atoms with Crippen molar-refractivity contribution >= 4 is 0 Å². The Morgan fingerprint density at radius 2 is 2.25 bits per heavy atom. The average molecular weight is 225 g/mol. The van der Waals surface area contributed by atoms with Crippen LogP contribution in [-0.2, 0) is 11.3 Å². The second-order valence-corrected chi connectivity index (χ2v) is 4.31. The number of hydrogen-bond acceptors (Lipinski definition) is 5. The molecule has 0 spiro atoms. The molecular weight excluding hydrogens is 206 g/mol. The van der Waals surface area contributed by atoms with Crippen molar-refractivity contribution in [1.29, 1.82) is 0 Å². The second kappa shape index (κ2) is 5.36. The predicted octanol–water partition coefficient (Wildman–Crippen LogP) is 0.222. The highest BCUT2D eigenvalue weighted by atomic mass is 16.5. The van der Waals surface area contributed by atoms with Gasteiger partial charge in [0.05, 0.1) is 5.60 Å². The van der Waals surface area contributed by atoms with E-state index in [1.54, 1.807) is 11.0 Å². The van der Waals surface area contributed by atoms with Crippen molar-refractivity contribution in [2.24, 2.45) is 0 Å². The number of hydrogen-bond donors (Lipinski definition) is 1. The van der Waals surface area contributed by atoms with Crippen molar-refractivity contribution < 1.29 is 4.74 Å². The van der Waals surface area contributed by atoms with Crippen molar-refractivity contribution in [1.82, 2.24) is 25.5 Å². The number of nitrogens with one attached hydrogen (secondary N) is 1. The molecule has 2 rings (SSSR count). The van der Waals surface area contributed by atoms with Gasteiger partial charge < -0.3 is 10.1 Å². The van der Waals surface area contributed by atoms with Gasteiger partial charge in [-0.3, -0.25) is 0 Å². The van der Waals surface area contributed by atoms with Crippen molar-refractivity contribution in [2.45, 2.75) is 37.8 Å². The van der Waals surface area contributed by atoms with Crippen LogP contribution in [0.25, 0.3) is 0 Å². The lowest BCUT2D eigenvalue weighted by Crippen LogP contribution is -2.43. The molecule has 0 aromatic carbocycles. The van der Waals surface area contributed by atoms with Crippen LogP contribution in [0.1, 0.15) is 25.7 Å². The third-order valence-corrected chi connectivity index (χ3v) is 3.36. The van der Waals surface area contributed by atoms with E-state index in [0.717, 1.165) is 45.3 Å². The minimum atomic E-state index is 0.0687. The van der Waals surface area contributed by atoms with Crippen LogP contribution in [0.2, 0.25) is 0 Å². The standard InChI is InChI=1S/C10H19N5O/c1-16-10(4-6-11-7-5-10)3-2-8-15-9-12-13-14-15/h9,11H,2-8H2,1H3. The molecule has 1 aliphatic rings. The fraction of sp³-hybridized carbons (Fsp3) is 0.900. The number of rotatable bonds is 5. The molecule has 1 N–H and O–H groups in total. The molecule has 0 saturated carbocycles. The van der Waals surface area contributed by atoms with Gasteiger partial charge in [0.2, 0.25) is 0 Å². The smallest absolute Gasteiger partial charge is 0.138 e. The molecule has 0 radical (unpaired) electrons. The molecule has 1 fully saturated rings.